The van der Waals surface area contributed by atoms with Crippen molar-refractivity contribution >= 4 is 11.8 Å². The summed E-state index contributed by atoms with van der Waals surface area (Å²) >= 11 is 1.35. The molecule has 3 rings (SSSR count). The van der Waals surface area contributed by atoms with Crippen LogP contribution in [0, 0.1) is 25.2 Å². The van der Waals surface area contributed by atoms with Gasteiger partial charge in [-0.15, -0.1) is 5.10 Å². The topological polar surface area (TPSA) is 80.3 Å². The Bertz CT molecular complexity index is 847. The fraction of sp³-hybridized carbons (Fsp3) is 0.133. The zero-order valence-electron chi connectivity index (χ0n) is 12.1. The molecule has 0 N–H and O–H groups in total. The number of rotatable bonds is 3. The second-order valence-corrected chi connectivity index (χ2v) is 5.73. The van der Waals surface area contributed by atoms with Gasteiger partial charge in [0.2, 0.25) is 5.16 Å². The van der Waals surface area contributed by atoms with Crippen LogP contribution in [0.2, 0.25) is 0 Å². The van der Waals surface area contributed by atoms with Gasteiger partial charge in [0, 0.05) is 6.20 Å². The molecule has 0 saturated carbocycles. The quantitative estimate of drug-likeness (QED) is 0.740. The molecule has 2 aromatic heterocycles. The van der Waals surface area contributed by atoms with Gasteiger partial charge in [0.15, 0.2) is 0 Å². The molecular formula is C15H12N6S. The second-order valence-electron chi connectivity index (χ2n) is 4.74. The Morgan fingerprint density at radius 1 is 1.14 bits per heavy atom. The summed E-state index contributed by atoms with van der Waals surface area (Å²) in [6, 6.07) is 11.6. The highest BCUT2D eigenvalue weighted by molar-refractivity contribution is 7.99. The molecule has 0 radical (unpaired) electrons. The van der Waals surface area contributed by atoms with E-state index in [2.05, 4.69) is 34.4 Å². The van der Waals surface area contributed by atoms with Crippen LogP contribution in [-0.4, -0.2) is 25.2 Å². The lowest BCUT2D eigenvalue weighted by Crippen LogP contribution is -2.00. The van der Waals surface area contributed by atoms with Crippen LogP contribution < -0.4 is 0 Å². The summed E-state index contributed by atoms with van der Waals surface area (Å²) in [6.45, 7) is 4.12. The van der Waals surface area contributed by atoms with Crippen LogP contribution in [0.4, 0.5) is 0 Å². The van der Waals surface area contributed by atoms with Crippen molar-refractivity contribution in [1.82, 2.24) is 25.2 Å². The lowest BCUT2D eigenvalue weighted by atomic mass is 10.1. The van der Waals surface area contributed by atoms with E-state index in [-0.39, 0.29) is 0 Å². The first-order chi connectivity index (χ1) is 10.7. The van der Waals surface area contributed by atoms with Crippen molar-refractivity contribution in [2.75, 3.05) is 0 Å². The van der Waals surface area contributed by atoms with Crippen LogP contribution in [0.3, 0.4) is 0 Å². The van der Waals surface area contributed by atoms with Crippen LogP contribution in [0.25, 0.3) is 5.69 Å². The Morgan fingerprint density at radius 2 is 2.00 bits per heavy atom. The van der Waals surface area contributed by atoms with E-state index >= 15 is 0 Å². The number of hydrogen-bond donors (Lipinski definition) is 0. The van der Waals surface area contributed by atoms with Crippen molar-refractivity contribution in [3.05, 3.63) is 53.2 Å². The lowest BCUT2D eigenvalue weighted by Gasteiger charge is -2.06. The molecule has 0 amide bonds. The van der Waals surface area contributed by atoms with E-state index in [1.807, 2.05) is 24.3 Å². The number of pyridine rings is 1. The standard InChI is InChI=1S/C15H12N6S/c1-10-3-5-13(7-11(10)2)21-15(18-19-20-21)22-14-6-4-12(8-16)9-17-14/h3-7,9H,1-2H3. The monoisotopic (exact) mass is 308 g/mol. The molecule has 108 valence electrons. The molecule has 22 heavy (non-hydrogen) atoms. The maximum absolute atomic E-state index is 8.79. The lowest BCUT2D eigenvalue weighted by molar-refractivity contribution is 0.755. The Labute approximate surface area is 131 Å². The number of hydrogen-bond acceptors (Lipinski definition) is 6. The van der Waals surface area contributed by atoms with Gasteiger partial charge in [0.1, 0.15) is 11.1 Å². The number of nitriles is 1. The van der Waals surface area contributed by atoms with Gasteiger partial charge in [-0.3, -0.25) is 0 Å². The summed E-state index contributed by atoms with van der Waals surface area (Å²) in [4.78, 5) is 4.22. The first-order valence-electron chi connectivity index (χ1n) is 6.57. The van der Waals surface area contributed by atoms with Gasteiger partial charge in [-0.2, -0.15) is 9.94 Å². The Balaban J connectivity index is 1.91. The SMILES string of the molecule is Cc1ccc(-n2nnnc2Sc2ccc(C#N)cn2)cc1C. The molecule has 0 aliphatic carbocycles. The molecule has 0 saturated heterocycles. The van der Waals surface area contributed by atoms with E-state index in [1.165, 1.54) is 29.1 Å². The van der Waals surface area contributed by atoms with Crippen molar-refractivity contribution in [3.63, 3.8) is 0 Å². The summed E-state index contributed by atoms with van der Waals surface area (Å²) in [5.74, 6) is 0. The predicted octanol–water partition coefficient (Wildman–Crippen LogP) is 2.70. The zero-order chi connectivity index (χ0) is 15.5. The summed E-state index contributed by atoms with van der Waals surface area (Å²) in [5, 5.41) is 22.0. The van der Waals surface area contributed by atoms with Crippen LogP contribution in [-0.2, 0) is 0 Å². The smallest absolute Gasteiger partial charge is 0.220 e. The van der Waals surface area contributed by atoms with Gasteiger partial charge >= 0.3 is 0 Å². The summed E-state index contributed by atoms with van der Waals surface area (Å²) < 4.78 is 1.68. The largest absolute Gasteiger partial charge is 0.248 e. The Kier molecular flexibility index (Phi) is 3.85. The van der Waals surface area contributed by atoms with Gasteiger partial charge in [0.25, 0.3) is 0 Å². The van der Waals surface area contributed by atoms with Crippen LogP contribution >= 0.6 is 11.8 Å². The van der Waals surface area contributed by atoms with E-state index in [9.17, 15) is 0 Å². The molecule has 0 aliphatic heterocycles. The third-order valence-corrected chi connectivity index (χ3v) is 4.13. The number of tetrazole rings is 1. The molecule has 2 heterocycles. The average molecular weight is 308 g/mol. The van der Waals surface area contributed by atoms with Crippen molar-refractivity contribution in [3.8, 4) is 11.8 Å². The first kappa shape index (κ1) is 14.2. The molecule has 1 aromatic carbocycles. The summed E-state index contributed by atoms with van der Waals surface area (Å²) in [6.07, 6.45) is 1.53. The van der Waals surface area contributed by atoms with E-state index < -0.39 is 0 Å². The number of aromatic nitrogens is 5. The van der Waals surface area contributed by atoms with E-state index in [1.54, 1.807) is 16.8 Å². The molecule has 0 fully saturated rings. The minimum absolute atomic E-state index is 0.526. The van der Waals surface area contributed by atoms with E-state index in [0.29, 0.717) is 10.7 Å². The molecule has 0 spiro atoms. The average Bonchev–Trinajstić information content (AvgIpc) is 2.99. The fourth-order valence-electron chi connectivity index (χ4n) is 1.86. The van der Waals surface area contributed by atoms with Gasteiger partial charge in [-0.25, -0.2) is 4.98 Å². The molecular weight excluding hydrogens is 296 g/mol. The van der Waals surface area contributed by atoms with Crippen molar-refractivity contribution in [2.24, 2.45) is 0 Å². The Hall–Kier alpha value is -2.72. The molecule has 0 bridgehead atoms. The van der Waals surface area contributed by atoms with Crippen LogP contribution in [0.1, 0.15) is 16.7 Å². The number of aryl methyl sites for hydroxylation is 2. The molecule has 6 nitrogen and oxygen atoms in total. The third kappa shape index (κ3) is 2.82. The molecule has 0 unspecified atom stereocenters. The van der Waals surface area contributed by atoms with Crippen LogP contribution in [0.5, 0.6) is 0 Å². The highest BCUT2D eigenvalue weighted by Gasteiger charge is 2.11. The normalized spacial score (nSPS) is 10.4. The van der Waals surface area contributed by atoms with Crippen LogP contribution in [0.15, 0.2) is 46.7 Å². The van der Waals surface area contributed by atoms with E-state index in [4.69, 9.17) is 5.26 Å². The summed E-state index contributed by atoms with van der Waals surface area (Å²) in [7, 11) is 0. The number of nitrogens with zero attached hydrogens (tertiary/aromatic N) is 6. The second kappa shape index (κ2) is 5.95. The van der Waals surface area contributed by atoms with Crippen molar-refractivity contribution in [2.45, 2.75) is 24.0 Å². The molecule has 0 aliphatic rings. The first-order valence-corrected chi connectivity index (χ1v) is 7.39. The maximum Gasteiger partial charge on any atom is 0.220 e. The predicted molar refractivity (Wildman–Crippen MR) is 81.7 cm³/mol. The number of benzene rings is 1. The highest BCUT2D eigenvalue weighted by Crippen LogP contribution is 2.25. The Morgan fingerprint density at radius 3 is 2.68 bits per heavy atom. The summed E-state index contributed by atoms with van der Waals surface area (Å²) in [5.41, 5.74) is 3.84. The van der Waals surface area contributed by atoms with Gasteiger partial charge < -0.3 is 0 Å². The molecule has 7 heteroatoms. The minimum atomic E-state index is 0.526. The van der Waals surface area contributed by atoms with Crippen molar-refractivity contribution < 1.29 is 0 Å². The zero-order valence-corrected chi connectivity index (χ0v) is 12.9. The van der Waals surface area contributed by atoms with Gasteiger partial charge in [-0.1, -0.05) is 6.07 Å². The highest BCUT2D eigenvalue weighted by atomic mass is 32.2. The van der Waals surface area contributed by atoms with Crippen molar-refractivity contribution in [1.29, 1.82) is 5.26 Å². The third-order valence-electron chi connectivity index (χ3n) is 3.24. The molecule has 0 atom stereocenters. The molecule has 3 aromatic rings. The van der Waals surface area contributed by atoms with Gasteiger partial charge in [-0.05, 0) is 71.4 Å². The minimum Gasteiger partial charge on any atom is -0.248 e. The van der Waals surface area contributed by atoms with E-state index in [0.717, 1.165) is 10.7 Å². The maximum atomic E-state index is 8.79. The van der Waals surface area contributed by atoms with Gasteiger partial charge in [0.05, 0.1) is 11.3 Å². The fourth-order valence-corrected chi connectivity index (χ4v) is 2.60.